The molecule has 4 nitrogen and oxygen atoms in total. The molecule has 1 rings (SSSR count). The number of halogens is 2. The average Bonchev–Trinajstić information content (AvgIpc) is 2.34. The maximum atomic E-state index is 11.6. The van der Waals surface area contributed by atoms with Gasteiger partial charge in [-0.3, -0.25) is 0 Å². The zero-order valence-corrected chi connectivity index (χ0v) is 6.24. The topological polar surface area (TPSA) is 49.8 Å². The molecular weight excluding hydrogens is 172 g/mol. The van der Waals surface area contributed by atoms with Gasteiger partial charge in [0.15, 0.2) is 0 Å². The maximum Gasteiger partial charge on any atom is 0.407 e. The fraction of sp³-hybridized carbons (Fsp3) is 0.833. The third-order valence-corrected chi connectivity index (χ3v) is 1.71. The highest BCUT2D eigenvalue weighted by atomic mass is 19.3. The summed E-state index contributed by atoms with van der Waals surface area (Å²) in [5.41, 5.74) is 0. The summed E-state index contributed by atoms with van der Waals surface area (Å²) in [6, 6.07) is 0. The van der Waals surface area contributed by atoms with Crippen LogP contribution in [0, 0.1) is 0 Å². The van der Waals surface area contributed by atoms with E-state index in [9.17, 15) is 13.6 Å². The number of nitrogens with zero attached hydrogens (tertiary/aromatic N) is 1. The van der Waals surface area contributed by atoms with Gasteiger partial charge >= 0.3 is 12.7 Å². The number of carboxylic acid groups (broad SMARTS) is 1. The predicted molar refractivity (Wildman–Crippen MR) is 35.1 cm³/mol. The second-order valence-corrected chi connectivity index (χ2v) is 2.54. The number of amides is 1. The lowest BCUT2D eigenvalue weighted by Crippen LogP contribution is -2.28. The van der Waals surface area contributed by atoms with E-state index in [1.165, 1.54) is 0 Å². The van der Waals surface area contributed by atoms with Crippen LogP contribution in [0.25, 0.3) is 0 Å². The quantitative estimate of drug-likeness (QED) is 0.690. The lowest BCUT2D eigenvalue weighted by Gasteiger charge is -2.11. The minimum Gasteiger partial charge on any atom is -0.465 e. The molecule has 1 heterocycles. The third kappa shape index (κ3) is 2.30. The molecule has 1 N–H and O–H groups in total. The molecule has 0 bridgehead atoms. The van der Waals surface area contributed by atoms with E-state index in [1.807, 2.05) is 0 Å². The Balaban J connectivity index is 2.30. The molecule has 6 heteroatoms. The van der Waals surface area contributed by atoms with Gasteiger partial charge in [0.05, 0.1) is 12.6 Å². The molecule has 0 radical (unpaired) electrons. The van der Waals surface area contributed by atoms with Gasteiger partial charge < -0.3 is 14.7 Å². The molecule has 0 aromatic heterocycles. The molecule has 12 heavy (non-hydrogen) atoms. The summed E-state index contributed by atoms with van der Waals surface area (Å²) in [7, 11) is 0. The minimum atomic E-state index is -2.82. The van der Waals surface area contributed by atoms with E-state index in [1.54, 1.807) is 0 Å². The second-order valence-electron chi connectivity index (χ2n) is 2.54. The van der Waals surface area contributed by atoms with E-state index in [2.05, 4.69) is 4.74 Å². The Hall–Kier alpha value is -0.910. The van der Waals surface area contributed by atoms with E-state index in [4.69, 9.17) is 5.11 Å². The number of likely N-dealkylation sites (tertiary alicyclic amines) is 1. The highest BCUT2D eigenvalue weighted by Crippen LogP contribution is 2.15. The third-order valence-electron chi connectivity index (χ3n) is 1.71. The first kappa shape index (κ1) is 9.18. The summed E-state index contributed by atoms with van der Waals surface area (Å²) in [6.07, 6.45) is -1.40. The van der Waals surface area contributed by atoms with Crippen molar-refractivity contribution in [3.05, 3.63) is 0 Å². The van der Waals surface area contributed by atoms with Gasteiger partial charge in [0.25, 0.3) is 0 Å². The monoisotopic (exact) mass is 181 g/mol. The van der Waals surface area contributed by atoms with Crippen molar-refractivity contribution in [2.24, 2.45) is 0 Å². The van der Waals surface area contributed by atoms with Crippen LogP contribution in [0.15, 0.2) is 0 Å². The Morgan fingerprint density at radius 1 is 1.67 bits per heavy atom. The molecule has 0 aromatic carbocycles. The Morgan fingerprint density at radius 3 is 2.75 bits per heavy atom. The first-order chi connectivity index (χ1) is 5.59. The first-order valence-corrected chi connectivity index (χ1v) is 3.51. The lowest BCUT2D eigenvalue weighted by molar-refractivity contribution is -0.158. The highest BCUT2D eigenvalue weighted by Gasteiger charge is 2.28. The van der Waals surface area contributed by atoms with Gasteiger partial charge in [-0.25, -0.2) is 4.79 Å². The van der Waals surface area contributed by atoms with Crippen LogP contribution in [-0.2, 0) is 4.74 Å². The van der Waals surface area contributed by atoms with E-state index >= 15 is 0 Å². The van der Waals surface area contributed by atoms with Crippen LogP contribution in [0.1, 0.15) is 6.42 Å². The van der Waals surface area contributed by atoms with Crippen LogP contribution < -0.4 is 0 Å². The first-order valence-electron chi connectivity index (χ1n) is 3.51. The number of hydrogen-bond acceptors (Lipinski definition) is 2. The van der Waals surface area contributed by atoms with Crippen molar-refractivity contribution in [3.63, 3.8) is 0 Å². The average molecular weight is 181 g/mol. The molecule has 1 fully saturated rings. The van der Waals surface area contributed by atoms with E-state index in [0.29, 0.717) is 6.42 Å². The summed E-state index contributed by atoms with van der Waals surface area (Å²) < 4.78 is 27.4. The molecule has 70 valence electrons. The minimum absolute atomic E-state index is 0.0413. The van der Waals surface area contributed by atoms with Crippen LogP contribution in [0.3, 0.4) is 0 Å². The van der Waals surface area contributed by atoms with Crippen molar-refractivity contribution < 1.29 is 23.4 Å². The van der Waals surface area contributed by atoms with Crippen molar-refractivity contribution in [1.29, 1.82) is 0 Å². The Kier molecular flexibility index (Phi) is 2.80. The van der Waals surface area contributed by atoms with Crippen molar-refractivity contribution in [2.75, 3.05) is 13.1 Å². The maximum absolute atomic E-state index is 11.6. The van der Waals surface area contributed by atoms with E-state index in [-0.39, 0.29) is 13.1 Å². The van der Waals surface area contributed by atoms with Gasteiger partial charge in [-0.2, -0.15) is 8.78 Å². The smallest absolute Gasteiger partial charge is 0.407 e. The van der Waals surface area contributed by atoms with Crippen molar-refractivity contribution in [1.82, 2.24) is 4.90 Å². The molecule has 0 unspecified atom stereocenters. The molecule has 1 aliphatic rings. The molecule has 0 saturated carbocycles. The fourth-order valence-corrected chi connectivity index (χ4v) is 1.16. The van der Waals surface area contributed by atoms with Gasteiger partial charge in [-0.05, 0) is 6.42 Å². The van der Waals surface area contributed by atoms with Gasteiger partial charge in [0.1, 0.15) is 0 Å². The fourth-order valence-electron chi connectivity index (χ4n) is 1.16. The highest BCUT2D eigenvalue weighted by molar-refractivity contribution is 5.65. The number of alkyl halides is 2. The number of carbonyl (C=O) groups is 1. The number of hydrogen-bond donors (Lipinski definition) is 1. The molecule has 0 spiro atoms. The van der Waals surface area contributed by atoms with Gasteiger partial charge in [-0.15, -0.1) is 0 Å². The van der Waals surface area contributed by atoms with Crippen molar-refractivity contribution in [2.45, 2.75) is 19.1 Å². The normalized spacial score (nSPS) is 23.6. The molecule has 1 saturated heterocycles. The zero-order valence-electron chi connectivity index (χ0n) is 6.24. The molecule has 1 atom stereocenters. The number of rotatable bonds is 2. The van der Waals surface area contributed by atoms with Crippen LogP contribution in [0.4, 0.5) is 13.6 Å². The van der Waals surface area contributed by atoms with Crippen molar-refractivity contribution in [3.8, 4) is 0 Å². The van der Waals surface area contributed by atoms with Crippen LogP contribution in [0.2, 0.25) is 0 Å². The molecule has 0 aliphatic carbocycles. The number of ether oxygens (including phenoxy) is 1. The zero-order chi connectivity index (χ0) is 9.14. The van der Waals surface area contributed by atoms with E-state index < -0.39 is 18.8 Å². The standard InChI is InChI=1S/C6H9F2NO3/c7-5(8)12-4-1-2-9(3-4)6(10)11/h4-5H,1-3H2,(H,10,11)/t4-/m1/s1. The van der Waals surface area contributed by atoms with Crippen molar-refractivity contribution >= 4 is 6.09 Å². The largest absolute Gasteiger partial charge is 0.465 e. The molecule has 1 aliphatic heterocycles. The molecular formula is C6H9F2NO3. The molecule has 0 aromatic rings. The van der Waals surface area contributed by atoms with Crippen LogP contribution in [0.5, 0.6) is 0 Å². The summed E-state index contributed by atoms with van der Waals surface area (Å²) >= 11 is 0. The Morgan fingerprint density at radius 2 is 2.33 bits per heavy atom. The second kappa shape index (κ2) is 3.66. The SMILES string of the molecule is O=C(O)N1CC[C@@H](OC(F)F)C1. The van der Waals surface area contributed by atoms with Crippen LogP contribution >= 0.6 is 0 Å². The summed E-state index contributed by atoms with van der Waals surface area (Å²) in [5, 5.41) is 8.45. The molecule has 1 amide bonds. The van der Waals surface area contributed by atoms with Gasteiger partial charge in [0.2, 0.25) is 0 Å². The summed E-state index contributed by atoms with van der Waals surface area (Å²) in [4.78, 5) is 11.4. The van der Waals surface area contributed by atoms with Gasteiger partial charge in [-0.1, -0.05) is 0 Å². The Labute approximate surface area is 67.7 Å². The summed E-state index contributed by atoms with van der Waals surface area (Å²) in [5.74, 6) is 0. The van der Waals surface area contributed by atoms with Crippen LogP contribution in [-0.4, -0.2) is 41.9 Å². The Bertz CT molecular complexity index is 176. The summed E-state index contributed by atoms with van der Waals surface area (Å²) in [6.45, 7) is -2.50. The predicted octanol–water partition coefficient (Wildman–Crippen LogP) is 0.978. The van der Waals surface area contributed by atoms with Gasteiger partial charge in [0, 0.05) is 6.54 Å². The lowest BCUT2D eigenvalue weighted by atomic mass is 10.3. The van der Waals surface area contributed by atoms with E-state index in [0.717, 1.165) is 4.90 Å².